The first-order chi connectivity index (χ1) is 12.3. The second-order valence-corrected chi connectivity index (χ2v) is 5.85. The van der Waals surface area contributed by atoms with Gasteiger partial charge in [0.05, 0.1) is 18.2 Å². The highest BCUT2D eigenvalue weighted by molar-refractivity contribution is 5.99. The van der Waals surface area contributed by atoms with E-state index in [2.05, 4.69) is 10.2 Å². The smallest absolute Gasteiger partial charge is 0.341 e. The van der Waals surface area contributed by atoms with Gasteiger partial charge in [-0.3, -0.25) is 9.59 Å². The zero-order valence-electron chi connectivity index (χ0n) is 14.4. The monoisotopic (exact) mass is 355 g/mol. The lowest BCUT2D eigenvalue weighted by molar-refractivity contribution is 0.0600. The predicted octanol–water partition coefficient (Wildman–Crippen LogP) is 0.617. The fourth-order valence-electron chi connectivity index (χ4n) is 2.72. The van der Waals surface area contributed by atoms with Crippen molar-refractivity contribution in [3.8, 4) is 16.9 Å². The zero-order chi connectivity index (χ0) is 19.0. The number of aromatic amines is 1. The minimum atomic E-state index is -0.629. The highest BCUT2D eigenvalue weighted by atomic mass is 16.5. The van der Waals surface area contributed by atoms with Crippen molar-refractivity contribution >= 4 is 17.6 Å². The van der Waals surface area contributed by atoms with Crippen molar-refractivity contribution in [1.82, 2.24) is 14.8 Å². The van der Waals surface area contributed by atoms with Gasteiger partial charge in [-0.2, -0.15) is 5.10 Å². The first-order valence-electron chi connectivity index (χ1n) is 7.63. The molecule has 2 heterocycles. The van der Waals surface area contributed by atoms with Gasteiger partial charge in [0.15, 0.2) is 0 Å². The number of anilines is 1. The van der Waals surface area contributed by atoms with E-state index in [-0.39, 0.29) is 16.8 Å². The fourth-order valence-corrected chi connectivity index (χ4v) is 2.72. The lowest BCUT2D eigenvalue weighted by Gasteiger charge is -2.18. The summed E-state index contributed by atoms with van der Waals surface area (Å²) in [4.78, 5) is 37.6. The van der Waals surface area contributed by atoms with Gasteiger partial charge in [0.2, 0.25) is 0 Å². The summed E-state index contributed by atoms with van der Waals surface area (Å²) in [6, 6.07) is 5.08. The number of pyridine rings is 1. The molecule has 3 rings (SSSR count). The maximum absolute atomic E-state index is 12.1. The molecule has 0 atom stereocenters. The van der Waals surface area contributed by atoms with E-state index >= 15 is 0 Å². The second kappa shape index (κ2) is 6.36. The molecule has 0 radical (unpaired) electrons. The first kappa shape index (κ1) is 17.2. The Balaban J connectivity index is 2.25. The van der Waals surface area contributed by atoms with Gasteiger partial charge in [0.1, 0.15) is 11.3 Å². The van der Waals surface area contributed by atoms with Gasteiger partial charge >= 0.3 is 5.97 Å². The van der Waals surface area contributed by atoms with Gasteiger partial charge in [-0.15, -0.1) is 0 Å². The van der Waals surface area contributed by atoms with Crippen molar-refractivity contribution in [3.05, 3.63) is 52.1 Å². The van der Waals surface area contributed by atoms with Crippen LogP contribution < -0.4 is 16.2 Å². The number of hydrogen-bond acceptors (Lipinski definition) is 6. The minimum absolute atomic E-state index is 0.126. The van der Waals surface area contributed by atoms with E-state index in [9.17, 15) is 14.4 Å². The molecule has 2 aliphatic rings. The molecule has 0 saturated heterocycles. The normalized spacial score (nSPS) is 10.7. The molecular weight excluding hydrogens is 338 g/mol. The molecule has 26 heavy (non-hydrogen) atoms. The summed E-state index contributed by atoms with van der Waals surface area (Å²) in [6.45, 7) is 0. The standard InChI is InChI=1S/C17H17N5O4/c1-21(2)13-5-4-9(6-10(13)15(18)23)22-7-11-14(19-20-16(11)24)12(8-22)17(25)26-3/h4-8H,1-3H3,(H2,18,23)(H,20,24). The predicted molar refractivity (Wildman–Crippen MR) is 95.0 cm³/mol. The molecule has 0 saturated carbocycles. The number of nitrogens with two attached hydrogens (primary N) is 1. The van der Waals surface area contributed by atoms with Crippen LogP contribution >= 0.6 is 0 Å². The van der Waals surface area contributed by atoms with Crippen molar-refractivity contribution in [3.63, 3.8) is 0 Å². The van der Waals surface area contributed by atoms with E-state index in [4.69, 9.17) is 10.5 Å². The third-order valence-corrected chi connectivity index (χ3v) is 3.99. The van der Waals surface area contributed by atoms with Crippen LogP contribution in [0.15, 0.2) is 35.4 Å². The van der Waals surface area contributed by atoms with Crippen LogP contribution in [0.25, 0.3) is 16.9 Å². The third-order valence-electron chi connectivity index (χ3n) is 3.99. The Hall–Kier alpha value is -3.62. The van der Waals surface area contributed by atoms with E-state index in [1.54, 1.807) is 41.8 Å². The van der Waals surface area contributed by atoms with Gasteiger partial charge in [0.25, 0.3) is 11.5 Å². The first-order valence-corrected chi connectivity index (χ1v) is 7.63. The van der Waals surface area contributed by atoms with Gasteiger partial charge in [-0.05, 0) is 18.2 Å². The molecular formula is C17H17N5O4. The second-order valence-electron chi connectivity index (χ2n) is 5.85. The van der Waals surface area contributed by atoms with Crippen LogP contribution in [0.3, 0.4) is 0 Å². The number of nitrogens with zero attached hydrogens (tertiary/aromatic N) is 3. The van der Waals surface area contributed by atoms with Crippen LogP contribution in [0.5, 0.6) is 0 Å². The largest absolute Gasteiger partial charge is 0.465 e. The fraction of sp³-hybridized carbons (Fsp3) is 0.176. The number of amides is 1. The molecule has 2 aliphatic heterocycles. The quantitative estimate of drug-likeness (QED) is 0.661. The Bertz CT molecular complexity index is 1030. The Morgan fingerprint density at radius 2 is 1.96 bits per heavy atom. The molecule has 1 aromatic carbocycles. The molecule has 0 bridgehead atoms. The average molecular weight is 355 g/mol. The summed E-state index contributed by atoms with van der Waals surface area (Å²) in [7, 11) is 4.84. The van der Waals surface area contributed by atoms with Gasteiger partial charge < -0.3 is 19.9 Å². The van der Waals surface area contributed by atoms with E-state index in [0.717, 1.165) is 0 Å². The Kier molecular flexibility index (Phi) is 4.21. The number of nitrogens with one attached hydrogen (secondary N) is 1. The maximum Gasteiger partial charge on any atom is 0.341 e. The van der Waals surface area contributed by atoms with Crippen molar-refractivity contribution < 1.29 is 14.3 Å². The van der Waals surface area contributed by atoms with E-state index < -0.39 is 17.4 Å². The molecule has 1 aromatic rings. The third kappa shape index (κ3) is 2.79. The van der Waals surface area contributed by atoms with Crippen molar-refractivity contribution in [2.45, 2.75) is 0 Å². The number of ether oxygens (including phenoxy) is 1. The molecule has 1 amide bonds. The molecule has 0 aliphatic carbocycles. The minimum Gasteiger partial charge on any atom is -0.465 e. The van der Waals surface area contributed by atoms with Gasteiger partial charge in [-0.1, -0.05) is 0 Å². The summed E-state index contributed by atoms with van der Waals surface area (Å²) in [6.07, 6.45) is 3.02. The highest BCUT2D eigenvalue weighted by Crippen LogP contribution is 2.26. The number of primary amides is 1. The summed E-state index contributed by atoms with van der Waals surface area (Å²) in [5.74, 6) is -1.21. The molecule has 9 nitrogen and oxygen atoms in total. The number of methoxy groups -OCH3 is 1. The van der Waals surface area contributed by atoms with Crippen LogP contribution in [-0.2, 0) is 4.74 Å². The molecule has 3 N–H and O–H groups in total. The Labute approximate surface area is 148 Å². The lowest BCUT2D eigenvalue weighted by Crippen LogP contribution is -2.19. The number of esters is 1. The number of carbonyl (C=O) groups excluding carboxylic acids is 2. The molecule has 134 valence electrons. The SMILES string of the molecule is COC(=O)c1cn(-c2ccc(N(C)C)c(C(N)=O)c2)cc2c(=O)[nH]nc1-2. The van der Waals surface area contributed by atoms with Crippen LogP contribution in [-0.4, -0.2) is 47.8 Å². The van der Waals surface area contributed by atoms with Crippen molar-refractivity contribution in [2.75, 3.05) is 26.1 Å². The van der Waals surface area contributed by atoms with Gasteiger partial charge in [-0.25, -0.2) is 9.89 Å². The summed E-state index contributed by atoms with van der Waals surface area (Å²) in [5.41, 5.74) is 7.15. The molecule has 9 heteroatoms. The molecule has 0 unspecified atom stereocenters. The molecule has 0 aromatic heterocycles. The maximum atomic E-state index is 12.1. The molecule has 0 spiro atoms. The van der Waals surface area contributed by atoms with Crippen LogP contribution in [0.4, 0.5) is 5.69 Å². The van der Waals surface area contributed by atoms with E-state index in [0.29, 0.717) is 16.9 Å². The Morgan fingerprint density at radius 1 is 1.23 bits per heavy atom. The number of hydrogen-bond donors (Lipinski definition) is 2. The van der Waals surface area contributed by atoms with Crippen molar-refractivity contribution in [2.24, 2.45) is 5.73 Å². The number of fused-ring (bicyclic) bond motifs is 1. The number of aromatic nitrogens is 3. The van der Waals surface area contributed by atoms with E-state index in [1.807, 2.05) is 0 Å². The van der Waals surface area contributed by atoms with E-state index in [1.165, 1.54) is 19.5 Å². The number of benzene rings is 1. The number of H-pyrrole nitrogens is 1. The van der Waals surface area contributed by atoms with Crippen LogP contribution in [0.2, 0.25) is 0 Å². The summed E-state index contributed by atoms with van der Waals surface area (Å²) < 4.78 is 6.32. The average Bonchev–Trinajstić information content (AvgIpc) is 3.00. The Morgan fingerprint density at radius 3 is 2.58 bits per heavy atom. The van der Waals surface area contributed by atoms with Crippen molar-refractivity contribution in [1.29, 1.82) is 0 Å². The van der Waals surface area contributed by atoms with Gasteiger partial charge in [0, 0.05) is 37.9 Å². The topological polar surface area (TPSA) is 123 Å². The summed E-state index contributed by atoms with van der Waals surface area (Å²) >= 11 is 0. The number of rotatable bonds is 4. The summed E-state index contributed by atoms with van der Waals surface area (Å²) in [5, 5.41) is 6.19. The highest BCUT2D eigenvalue weighted by Gasteiger charge is 2.22. The lowest BCUT2D eigenvalue weighted by atomic mass is 10.1. The van der Waals surface area contributed by atoms with Crippen LogP contribution in [0.1, 0.15) is 20.7 Å². The molecule has 0 fully saturated rings. The van der Waals surface area contributed by atoms with Crippen LogP contribution in [0, 0.1) is 0 Å². The zero-order valence-corrected chi connectivity index (χ0v) is 14.4. The number of carbonyl (C=O) groups is 2.